The van der Waals surface area contributed by atoms with Crippen molar-refractivity contribution in [3.63, 3.8) is 0 Å². The molecular formula is C18H22ClN3O. The molecule has 1 heterocycles. The zero-order valence-corrected chi connectivity index (χ0v) is 14.3. The van der Waals surface area contributed by atoms with Crippen molar-refractivity contribution in [2.45, 2.75) is 19.8 Å². The van der Waals surface area contributed by atoms with Gasteiger partial charge in [0.25, 0.3) is 0 Å². The highest BCUT2D eigenvalue weighted by Gasteiger charge is 2.07. The fraction of sp³-hybridized carbons (Fsp3) is 0.333. The number of anilines is 1. The van der Waals surface area contributed by atoms with Crippen LogP contribution in [-0.2, 0) is 11.2 Å². The Hall–Kier alpha value is -1.91. The second kappa shape index (κ2) is 8.65. The van der Waals surface area contributed by atoms with Gasteiger partial charge >= 0.3 is 0 Å². The molecular weight excluding hydrogens is 310 g/mol. The van der Waals surface area contributed by atoms with E-state index in [2.05, 4.69) is 15.2 Å². The standard InChI is InChI=1S/C18H22ClN3O/c1-14-13-16(19)3-4-17(14)21-18(23)8-12-22(2)11-7-15-5-9-20-10-6-15/h3-6,9-10,13H,7-8,11-12H2,1-2H3,(H,21,23). The lowest BCUT2D eigenvalue weighted by Gasteiger charge is -2.16. The minimum absolute atomic E-state index is 0.0196. The number of hydrogen-bond donors (Lipinski definition) is 1. The van der Waals surface area contributed by atoms with Gasteiger partial charge in [0.05, 0.1) is 0 Å². The molecule has 1 N–H and O–H groups in total. The maximum absolute atomic E-state index is 12.0. The summed E-state index contributed by atoms with van der Waals surface area (Å²) in [5.74, 6) is 0.0196. The number of aryl methyl sites for hydroxylation is 1. The monoisotopic (exact) mass is 331 g/mol. The average Bonchev–Trinajstić information content (AvgIpc) is 2.54. The lowest BCUT2D eigenvalue weighted by atomic mass is 10.2. The van der Waals surface area contributed by atoms with E-state index in [9.17, 15) is 4.79 Å². The highest BCUT2D eigenvalue weighted by molar-refractivity contribution is 6.30. The maximum atomic E-state index is 12.0. The van der Waals surface area contributed by atoms with Crippen molar-refractivity contribution in [1.29, 1.82) is 0 Å². The predicted molar refractivity (Wildman–Crippen MR) is 94.9 cm³/mol. The molecule has 0 aliphatic rings. The number of rotatable bonds is 7. The van der Waals surface area contributed by atoms with Crippen molar-refractivity contribution in [2.75, 3.05) is 25.5 Å². The van der Waals surface area contributed by atoms with Gasteiger partial charge in [-0.15, -0.1) is 0 Å². The third kappa shape index (κ3) is 6.00. The fourth-order valence-corrected chi connectivity index (χ4v) is 2.48. The first-order valence-electron chi connectivity index (χ1n) is 7.68. The van der Waals surface area contributed by atoms with E-state index in [1.165, 1.54) is 5.56 Å². The first kappa shape index (κ1) is 17.4. The van der Waals surface area contributed by atoms with Crippen LogP contribution in [-0.4, -0.2) is 35.9 Å². The maximum Gasteiger partial charge on any atom is 0.225 e. The zero-order valence-electron chi connectivity index (χ0n) is 13.6. The number of halogens is 1. The van der Waals surface area contributed by atoms with E-state index in [4.69, 9.17) is 11.6 Å². The highest BCUT2D eigenvalue weighted by Crippen LogP contribution is 2.19. The number of nitrogens with zero attached hydrogens (tertiary/aromatic N) is 2. The van der Waals surface area contributed by atoms with Crippen molar-refractivity contribution in [3.05, 3.63) is 58.9 Å². The minimum atomic E-state index is 0.0196. The van der Waals surface area contributed by atoms with Gasteiger partial charge in [-0.05, 0) is 61.9 Å². The van der Waals surface area contributed by atoms with Crippen molar-refractivity contribution in [1.82, 2.24) is 9.88 Å². The van der Waals surface area contributed by atoms with Gasteiger partial charge in [0, 0.05) is 42.6 Å². The summed E-state index contributed by atoms with van der Waals surface area (Å²) in [5.41, 5.74) is 3.05. The molecule has 4 nitrogen and oxygen atoms in total. The van der Waals surface area contributed by atoms with Crippen molar-refractivity contribution < 1.29 is 4.79 Å². The van der Waals surface area contributed by atoms with Gasteiger partial charge in [0.1, 0.15) is 0 Å². The molecule has 0 atom stereocenters. The molecule has 0 unspecified atom stereocenters. The number of nitrogens with one attached hydrogen (secondary N) is 1. The van der Waals surface area contributed by atoms with Crippen LogP contribution in [0.25, 0.3) is 0 Å². The van der Waals surface area contributed by atoms with E-state index in [1.54, 1.807) is 18.5 Å². The summed E-state index contributed by atoms with van der Waals surface area (Å²) in [5, 5.41) is 3.61. The van der Waals surface area contributed by atoms with Crippen LogP contribution in [0.3, 0.4) is 0 Å². The predicted octanol–water partition coefficient (Wildman–Crippen LogP) is 3.55. The molecule has 0 aliphatic carbocycles. The van der Waals surface area contributed by atoms with Gasteiger partial charge in [-0.2, -0.15) is 0 Å². The number of carbonyl (C=O) groups is 1. The summed E-state index contributed by atoms with van der Waals surface area (Å²) < 4.78 is 0. The van der Waals surface area contributed by atoms with Gasteiger partial charge in [0.2, 0.25) is 5.91 Å². The fourth-order valence-electron chi connectivity index (χ4n) is 2.25. The molecule has 1 aromatic heterocycles. The van der Waals surface area contributed by atoms with Crippen LogP contribution >= 0.6 is 11.6 Å². The first-order valence-corrected chi connectivity index (χ1v) is 8.06. The number of hydrogen-bond acceptors (Lipinski definition) is 3. The average molecular weight is 332 g/mol. The van der Waals surface area contributed by atoms with Gasteiger partial charge in [-0.25, -0.2) is 0 Å². The van der Waals surface area contributed by atoms with Gasteiger partial charge in [-0.1, -0.05) is 11.6 Å². The molecule has 0 bridgehead atoms. The molecule has 2 rings (SSSR count). The quantitative estimate of drug-likeness (QED) is 0.844. The van der Waals surface area contributed by atoms with Crippen LogP contribution in [0, 0.1) is 6.92 Å². The topological polar surface area (TPSA) is 45.2 Å². The van der Waals surface area contributed by atoms with E-state index in [0.29, 0.717) is 11.4 Å². The third-order valence-electron chi connectivity index (χ3n) is 3.71. The Morgan fingerprint density at radius 1 is 1.22 bits per heavy atom. The Bertz CT molecular complexity index is 646. The number of amides is 1. The number of aromatic nitrogens is 1. The molecule has 0 radical (unpaired) electrons. The second-order valence-electron chi connectivity index (χ2n) is 5.67. The summed E-state index contributed by atoms with van der Waals surface area (Å²) in [6.07, 6.45) is 5.03. The molecule has 2 aromatic rings. The Balaban J connectivity index is 1.73. The smallest absolute Gasteiger partial charge is 0.225 e. The Morgan fingerprint density at radius 3 is 2.65 bits per heavy atom. The lowest BCUT2D eigenvalue weighted by molar-refractivity contribution is -0.116. The molecule has 0 fully saturated rings. The van der Waals surface area contributed by atoms with E-state index in [-0.39, 0.29) is 5.91 Å². The van der Waals surface area contributed by atoms with Crippen LogP contribution in [0.15, 0.2) is 42.7 Å². The van der Waals surface area contributed by atoms with Crippen molar-refractivity contribution >= 4 is 23.2 Å². The molecule has 0 spiro atoms. The molecule has 5 heteroatoms. The normalized spacial score (nSPS) is 10.8. The summed E-state index contributed by atoms with van der Waals surface area (Å²) >= 11 is 5.92. The molecule has 23 heavy (non-hydrogen) atoms. The second-order valence-corrected chi connectivity index (χ2v) is 6.10. The Kier molecular flexibility index (Phi) is 6.56. The van der Waals surface area contributed by atoms with E-state index >= 15 is 0 Å². The molecule has 122 valence electrons. The van der Waals surface area contributed by atoms with E-state index in [0.717, 1.165) is 30.8 Å². The van der Waals surface area contributed by atoms with Gasteiger partial charge in [-0.3, -0.25) is 9.78 Å². The summed E-state index contributed by atoms with van der Waals surface area (Å²) in [7, 11) is 2.03. The van der Waals surface area contributed by atoms with E-state index in [1.807, 2.05) is 38.2 Å². The molecule has 0 aliphatic heterocycles. The van der Waals surface area contributed by atoms with Crippen LogP contribution in [0.5, 0.6) is 0 Å². The third-order valence-corrected chi connectivity index (χ3v) is 3.95. The number of pyridine rings is 1. The van der Waals surface area contributed by atoms with Crippen LogP contribution in [0.2, 0.25) is 5.02 Å². The summed E-state index contributed by atoms with van der Waals surface area (Å²) in [6, 6.07) is 9.50. The van der Waals surface area contributed by atoms with Crippen LogP contribution < -0.4 is 5.32 Å². The number of likely N-dealkylation sites (N-methyl/N-ethyl adjacent to an activating group) is 1. The van der Waals surface area contributed by atoms with E-state index < -0.39 is 0 Å². The van der Waals surface area contributed by atoms with Crippen LogP contribution in [0.4, 0.5) is 5.69 Å². The number of benzene rings is 1. The zero-order chi connectivity index (χ0) is 16.7. The summed E-state index contributed by atoms with van der Waals surface area (Å²) in [6.45, 7) is 3.57. The minimum Gasteiger partial charge on any atom is -0.326 e. The van der Waals surface area contributed by atoms with Gasteiger partial charge < -0.3 is 10.2 Å². The van der Waals surface area contributed by atoms with Gasteiger partial charge in [0.15, 0.2) is 0 Å². The molecule has 0 saturated carbocycles. The van der Waals surface area contributed by atoms with Crippen molar-refractivity contribution in [3.8, 4) is 0 Å². The molecule has 0 saturated heterocycles. The number of carbonyl (C=O) groups excluding carboxylic acids is 1. The molecule has 1 aromatic carbocycles. The summed E-state index contributed by atoms with van der Waals surface area (Å²) in [4.78, 5) is 18.2. The Labute approximate surface area is 142 Å². The lowest BCUT2D eigenvalue weighted by Crippen LogP contribution is -2.26. The SMILES string of the molecule is Cc1cc(Cl)ccc1NC(=O)CCN(C)CCc1ccncc1. The largest absolute Gasteiger partial charge is 0.326 e. The van der Waals surface area contributed by atoms with Crippen LogP contribution in [0.1, 0.15) is 17.5 Å². The first-order chi connectivity index (χ1) is 11.0. The molecule has 1 amide bonds. The Morgan fingerprint density at radius 2 is 1.96 bits per heavy atom. The van der Waals surface area contributed by atoms with Crippen molar-refractivity contribution in [2.24, 2.45) is 0 Å². The highest BCUT2D eigenvalue weighted by atomic mass is 35.5.